The molecule has 0 bridgehead atoms. The van der Waals surface area contributed by atoms with Crippen molar-refractivity contribution in [3.8, 4) is 0 Å². The summed E-state index contributed by atoms with van der Waals surface area (Å²) in [4.78, 5) is 12.0. The van der Waals surface area contributed by atoms with Crippen molar-refractivity contribution < 1.29 is 4.79 Å². The average Bonchev–Trinajstić information content (AvgIpc) is 2.55. The van der Waals surface area contributed by atoms with E-state index >= 15 is 0 Å². The lowest BCUT2D eigenvalue weighted by Gasteiger charge is -2.27. The summed E-state index contributed by atoms with van der Waals surface area (Å²) in [5.41, 5.74) is 1.82. The highest BCUT2D eigenvalue weighted by molar-refractivity contribution is 6.03. The van der Waals surface area contributed by atoms with E-state index in [1.54, 1.807) is 0 Å². The zero-order chi connectivity index (χ0) is 12.6. The predicted molar refractivity (Wildman–Crippen MR) is 68.1 cm³/mol. The van der Waals surface area contributed by atoms with Gasteiger partial charge in [-0.1, -0.05) is 27.2 Å². The van der Waals surface area contributed by atoms with Crippen LogP contribution in [0.25, 0.3) is 0 Å². The van der Waals surface area contributed by atoms with E-state index in [1.807, 2.05) is 25.6 Å². The maximum absolute atomic E-state index is 12.0. The second-order valence-corrected chi connectivity index (χ2v) is 4.90. The van der Waals surface area contributed by atoms with Crippen molar-refractivity contribution in [2.24, 2.45) is 13.0 Å². The SMILES string of the molecule is CCCc1nn(C)c2c1NC(=O)C(C(C)C)N2. The number of hydrogen-bond donors (Lipinski definition) is 2. The normalized spacial score (nSPS) is 18.9. The van der Waals surface area contributed by atoms with Crippen LogP contribution in [0.1, 0.15) is 32.9 Å². The molecule has 0 aromatic carbocycles. The maximum atomic E-state index is 12.0. The molecule has 0 saturated heterocycles. The van der Waals surface area contributed by atoms with Crippen molar-refractivity contribution in [3.63, 3.8) is 0 Å². The summed E-state index contributed by atoms with van der Waals surface area (Å²) >= 11 is 0. The molecule has 5 heteroatoms. The van der Waals surface area contributed by atoms with Crippen LogP contribution in [-0.4, -0.2) is 21.7 Å². The Bertz CT molecular complexity index is 436. The molecule has 0 fully saturated rings. The number of aryl methyl sites for hydroxylation is 2. The Morgan fingerprint density at radius 3 is 2.76 bits per heavy atom. The molecule has 0 saturated carbocycles. The Hall–Kier alpha value is -1.52. The molecular formula is C12H20N4O. The van der Waals surface area contributed by atoms with Crippen LogP contribution in [0.15, 0.2) is 0 Å². The third kappa shape index (κ3) is 2.01. The highest BCUT2D eigenvalue weighted by Gasteiger charge is 2.31. The number of hydrogen-bond acceptors (Lipinski definition) is 3. The molecular weight excluding hydrogens is 216 g/mol. The first-order valence-electron chi connectivity index (χ1n) is 6.17. The van der Waals surface area contributed by atoms with E-state index in [0.717, 1.165) is 30.0 Å². The lowest BCUT2D eigenvalue weighted by Crippen LogP contribution is -2.42. The van der Waals surface area contributed by atoms with Gasteiger partial charge in [-0.3, -0.25) is 9.48 Å². The summed E-state index contributed by atoms with van der Waals surface area (Å²) in [7, 11) is 1.90. The van der Waals surface area contributed by atoms with Crippen LogP contribution in [0.2, 0.25) is 0 Å². The summed E-state index contributed by atoms with van der Waals surface area (Å²) in [6, 6.07) is -0.174. The minimum absolute atomic E-state index is 0.0397. The van der Waals surface area contributed by atoms with E-state index in [4.69, 9.17) is 0 Å². The lowest BCUT2D eigenvalue weighted by atomic mass is 10.0. The van der Waals surface area contributed by atoms with Gasteiger partial charge < -0.3 is 10.6 Å². The van der Waals surface area contributed by atoms with E-state index in [2.05, 4.69) is 22.7 Å². The third-order valence-electron chi connectivity index (χ3n) is 3.10. The van der Waals surface area contributed by atoms with E-state index in [9.17, 15) is 4.79 Å². The summed E-state index contributed by atoms with van der Waals surface area (Å²) in [5, 5.41) is 10.7. The van der Waals surface area contributed by atoms with Crippen molar-refractivity contribution in [2.75, 3.05) is 10.6 Å². The zero-order valence-corrected chi connectivity index (χ0v) is 10.9. The van der Waals surface area contributed by atoms with Gasteiger partial charge in [0.15, 0.2) is 0 Å². The molecule has 1 aromatic rings. The molecule has 2 N–H and O–H groups in total. The van der Waals surface area contributed by atoms with Gasteiger partial charge in [-0.15, -0.1) is 0 Å². The van der Waals surface area contributed by atoms with Crippen LogP contribution in [0, 0.1) is 5.92 Å². The fraction of sp³-hybridized carbons (Fsp3) is 0.667. The van der Waals surface area contributed by atoms with Crippen LogP contribution >= 0.6 is 0 Å². The van der Waals surface area contributed by atoms with Gasteiger partial charge in [0.05, 0.1) is 5.69 Å². The van der Waals surface area contributed by atoms with Crippen LogP contribution in [0.4, 0.5) is 11.5 Å². The summed E-state index contributed by atoms with van der Waals surface area (Å²) in [6.45, 7) is 6.17. The molecule has 2 heterocycles. The monoisotopic (exact) mass is 236 g/mol. The third-order valence-corrected chi connectivity index (χ3v) is 3.10. The van der Waals surface area contributed by atoms with Gasteiger partial charge in [0, 0.05) is 7.05 Å². The number of carbonyl (C=O) groups excluding carboxylic acids is 1. The highest BCUT2D eigenvalue weighted by Crippen LogP contribution is 2.31. The first-order chi connectivity index (χ1) is 8.04. The standard InChI is InChI=1S/C12H20N4O/c1-5-6-8-10-11(16(4)15-8)13-9(7(2)3)12(17)14-10/h7,9,13H,5-6H2,1-4H3,(H,14,17). The van der Waals surface area contributed by atoms with Crippen molar-refractivity contribution >= 4 is 17.4 Å². The van der Waals surface area contributed by atoms with Gasteiger partial charge >= 0.3 is 0 Å². The van der Waals surface area contributed by atoms with Crippen molar-refractivity contribution in [1.29, 1.82) is 0 Å². The second kappa shape index (κ2) is 4.39. The molecule has 0 spiro atoms. The Morgan fingerprint density at radius 2 is 2.18 bits per heavy atom. The average molecular weight is 236 g/mol. The van der Waals surface area contributed by atoms with Gasteiger partial charge in [-0.25, -0.2) is 0 Å². The minimum atomic E-state index is -0.174. The number of fused-ring (bicyclic) bond motifs is 1. The molecule has 1 amide bonds. The van der Waals surface area contributed by atoms with E-state index in [1.165, 1.54) is 0 Å². The molecule has 1 atom stereocenters. The first kappa shape index (κ1) is 12.0. The Kier molecular flexibility index (Phi) is 3.09. The molecule has 94 valence electrons. The second-order valence-electron chi connectivity index (χ2n) is 4.90. The van der Waals surface area contributed by atoms with E-state index < -0.39 is 0 Å². The lowest BCUT2D eigenvalue weighted by molar-refractivity contribution is -0.117. The quantitative estimate of drug-likeness (QED) is 0.840. The Balaban J connectivity index is 2.35. The largest absolute Gasteiger partial charge is 0.357 e. The number of carbonyl (C=O) groups is 1. The van der Waals surface area contributed by atoms with Gasteiger partial charge in [0.2, 0.25) is 5.91 Å². The Morgan fingerprint density at radius 1 is 1.47 bits per heavy atom. The number of amides is 1. The Labute approximate surface area is 102 Å². The van der Waals surface area contributed by atoms with Gasteiger partial charge in [-0.05, 0) is 12.3 Å². The van der Waals surface area contributed by atoms with Crippen LogP contribution in [-0.2, 0) is 18.3 Å². The summed E-state index contributed by atoms with van der Waals surface area (Å²) in [5.74, 6) is 1.22. The van der Waals surface area contributed by atoms with Gasteiger partial charge in [0.25, 0.3) is 0 Å². The summed E-state index contributed by atoms with van der Waals surface area (Å²) < 4.78 is 1.81. The highest BCUT2D eigenvalue weighted by atomic mass is 16.2. The molecule has 2 rings (SSSR count). The minimum Gasteiger partial charge on any atom is -0.357 e. The molecule has 1 aliphatic heterocycles. The van der Waals surface area contributed by atoms with Gasteiger partial charge in [0.1, 0.15) is 17.5 Å². The molecule has 0 aliphatic carbocycles. The molecule has 1 aliphatic rings. The van der Waals surface area contributed by atoms with Gasteiger partial charge in [-0.2, -0.15) is 5.10 Å². The molecule has 1 aromatic heterocycles. The number of nitrogens with zero attached hydrogens (tertiary/aromatic N) is 2. The molecule has 17 heavy (non-hydrogen) atoms. The molecule has 0 radical (unpaired) electrons. The fourth-order valence-corrected chi connectivity index (χ4v) is 2.17. The fourth-order valence-electron chi connectivity index (χ4n) is 2.17. The smallest absolute Gasteiger partial charge is 0.247 e. The number of rotatable bonds is 3. The number of anilines is 2. The number of aromatic nitrogens is 2. The van der Waals surface area contributed by atoms with Crippen LogP contribution in [0.5, 0.6) is 0 Å². The first-order valence-corrected chi connectivity index (χ1v) is 6.17. The van der Waals surface area contributed by atoms with Crippen molar-refractivity contribution in [2.45, 2.75) is 39.7 Å². The van der Waals surface area contributed by atoms with Crippen LogP contribution < -0.4 is 10.6 Å². The topological polar surface area (TPSA) is 59.0 Å². The molecule has 1 unspecified atom stereocenters. The molecule has 5 nitrogen and oxygen atoms in total. The predicted octanol–water partition coefficient (Wildman–Crippen LogP) is 1.76. The van der Waals surface area contributed by atoms with Crippen LogP contribution in [0.3, 0.4) is 0 Å². The van der Waals surface area contributed by atoms with E-state index in [-0.39, 0.29) is 17.9 Å². The zero-order valence-electron chi connectivity index (χ0n) is 10.9. The maximum Gasteiger partial charge on any atom is 0.247 e. The van der Waals surface area contributed by atoms with E-state index in [0.29, 0.717) is 0 Å². The summed E-state index contributed by atoms with van der Waals surface area (Å²) in [6.07, 6.45) is 1.91. The van der Waals surface area contributed by atoms with Crippen molar-refractivity contribution in [1.82, 2.24) is 9.78 Å². The number of nitrogens with one attached hydrogen (secondary N) is 2. The van der Waals surface area contributed by atoms with Crippen molar-refractivity contribution in [3.05, 3.63) is 5.69 Å².